The van der Waals surface area contributed by atoms with Crippen LogP contribution >= 0.6 is 0 Å². The number of carbonyl (C=O) groups is 1. The molecule has 1 aromatic heterocycles. The van der Waals surface area contributed by atoms with Gasteiger partial charge in [0, 0.05) is 16.8 Å². The molecule has 3 aromatic rings. The van der Waals surface area contributed by atoms with Crippen LogP contribution in [-0.2, 0) is 17.6 Å². The summed E-state index contributed by atoms with van der Waals surface area (Å²) in [6.07, 6.45) is -3.06. The topological polar surface area (TPSA) is 119 Å². The Bertz CT molecular complexity index is 1140. The summed E-state index contributed by atoms with van der Waals surface area (Å²) < 4.78 is 43.6. The maximum atomic E-state index is 12.8. The number of halogens is 3. The number of quaternary nitrogens is 1. The van der Waals surface area contributed by atoms with Gasteiger partial charge in [-0.25, -0.2) is 4.79 Å². The molecule has 1 heterocycles. The number of alkyl halides is 3. The van der Waals surface area contributed by atoms with E-state index in [9.17, 15) is 18.0 Å². The van der Waals surface area contributed by atoms with Crippen LogP contribution < -0.4 is 21.8 Å². The number of aromatic nitrogens is 1. The largest absolute Gasteiger partial charge is 0.416 e. The zero-order valence-corrected chi connectivity index (χ0v) is 19.3. The molecule has 0 spiro atoms. The highest BCUT2D eigenvalue weighted by atomic mass is 19.4. The first-order valence-electron chi connectivity index (χ1n) is 10.3. The van der Waals surface area contributed by atoms with Crippen LogP contribution in [0.25, 0.3) is 11.1 Å². The summed E-state index contributed by atoms with van der Waals surface area (Å²) in [6, 6.07) is 11.3. The van der Waals surface area contributed by atoms with Gasteiger partial charge in [0.15, 0.2) is 6.20 Å². The molecule has 35 heavy (non-hydrogen) atoms. The van der Waals surface area contributed by atoms with Gasteiger partial charge in [-0.05, 0) is 37.6 Å². The highest BCUT2D eigenvalue weighted by Gasteiger charge is 2.30. The minimum Gasteiger partial charge on any atom is -0.387 e. The molecule has 0 aliphatic heterocycles. The van der Waals surface area contributed by atoms with Crippen molar-refractivity contribution in [3.05, 3.63) is 96.4 Å². The lowest BCUT2D eigenvalue weighted by molar-refractivity contribution is -0.606. The Morgan fingerprint density at radius 3 is 2.46 bits per heavy atom. The van der Waals surface area contributed by atoms with Gasteiger partial charge in [0.25, 0.3) is 5.88 Å². The van der Waals surface area contributed by atoms with Crippen LogP contribution in [0.5, 0.6) is 0 Å². The van der Waals surface area contributed by atoms with Gasteiger partial charge >= 0.3 is 12.2 Å². The van der Waals surface area contributed by atoms with Crippen molar-refractivity contribution >= 4 is 11.7 Å². The molecule has 2 aromatic carbocycles. The highest BCUT2D eigenvalue weighted by molar-refractivity contribution is 5.90. The number of nitrogens with two attached hydrogens (primary N) is 2. The second kappa shape index (κ2) is 12.4. The van der Waals surface area contributed by atoms with Crippen molar-refractivity contribution in [1.82, 2.24) is 10.5 Å². The first-order chi connectivity index (χ1) is 16.7. The third-order valence-corrected chi connectivity index (χ3v) is 4.71. The Kier molecular flexibility index (Phi) is 9.62. The molecule has 0 bridgehead atoms. The maximum absolute atomic E-state index is 12.8. The van der Waals surface area contributed by atoms with Crippen LogP contribution in [0.15, 0.2) is 78.3 Å². The van der Waals surface area contributed by atoms with Gasteiger partial charge in [0.05, 0.1) is 11.3 Å². The van der Waals surface area contributed by atoms with Crippen LogP contribution in [0.4, 0.5) is 23.7 Å². The average molecular weight is 491 g/mol. The van der Waals surface area contributed by atoms with E-state index in [1.807, 2.05) is 38.1 Å². The molecule has 0 atom stereocenters. The molecule has 0 saturated heterocycles. The minimum atomic E-state index is -4.51. The summed E-state index contributed by atoms with van der Waals surface area (Å²) in [6.45, 7) is 10.3. The van der Waals surface area contributed by atoms with Crippen LogP contribution in [0.3, 0.4) is 0 Å². The SMILES string of the molecule is C=C.Cc1noc(C)c1-c1ccc(C[NH2+]/C=C(/NC(=O)Nc2cccc(C(F)(F)F)c2)ON)cc1. The Morgan fingerprint density at radius 2 is 1.89 bits per heavy atom. The van der Waals surface area contributed by atoms with Crippen LogP contribution in [0.1, 0.15) is 22.6 Å². The molecule has 6 N–H and O–H groups in total. The van der Waals surface area contributed by atoms with E-state index in [2.05, 4.69) is 33.8 Å². The van der Waals surface area contributed by atoms with E-state index >= 15 is 0 Å². The van der Waals surface area contributed by atoms with E-state index in [0.717, 1.165) is 40.3 Å². The summed E-state index contributed by atoms with van der Waals surface area (Å²) >= 11 is 0. The number of benzene rings is 2. The first-order valence-corrected chi connectivity index (χ1v) is 10.3. The second-order valence-electron chi connectivity index (χ2n) is 7.14. The molecule has 0 saturated carbocycles. The average Bonchev–Trinajstić information content (AvgIpc) is 3.17. The monoisotopic (exact) mass is 490 g/mol. The summed E-state index contributed by atoms with van der Waals surface area (Å²) in [5.74, 6) is 5.85. The quantitative estimate of drug-likeness (QED) is 0.223. The van der Waals surface area contributed by atoms with Crippen molar-refractivity contribution in [1.29, 1.82) is 0 Å². The smallest absolute Gasteiger partial charge is 0.387 e. The van der Waals surface area contributed by atoms with Crippen molar-refractivity contribution in [3.63, 3.8) is 0 Å². The van der Waals surface area contributed by atoms with E-state index in [1.54, 1.807) is 5.32 Å². The van der Waals surface area contributed by atoms with Crippen molar-refractivity contribution in [2.45, 2.75) is 26.6 Å². The third kappa shape index (κ3) is 7.73. The van der Waals surface area contributed by atoms with Crippen LogP contribution in [0.2, 0.25) is 0 Å². The number of nitrogens with one attached hydrogen (secondary N) is 2. The van der Waals surface area contributed by atoms with Crippen molar-refractivity contribution in [2.24, 2.45) is 5.90 Å². The normalized spacial score (nSPS) is 11.3. The number of urea groups is 1. The van der Waals surface area contributed by atoms with Crippen LogP contribution in [0, 0.1) is 13.8 Å². The predicted octanol–water partition coefficient (Wildman–Crippen LogP) is 4.35. The zero-order chi connectivity index (χ0) is 26.0. The summed E-state index contributed by atoms with van der Waals surface area (Å²) in [5.41, 5.74) is 2.85. The molecule has 0 aliphatic carbocycles. The number of aryl methyl sites for hydroxylation is 2. The maximum Gasteiger partial charge on any atom is 0.416 e. The third-order valence-electron chi connectivity index (χ3n) is 4.71. The lowest BCUT2D eigenvalue weighted by atomic mass is 10.0. The second-order valence-corrected chi connectivity index (χ2v) is 7.14. The van der Waals surface area contributed by atoms with Gasteiger partial charge in [-0.1, -0.05) is 35.5 Å². The highest BCUT2D eigenvalue weighted by Crippen LogP contribution is 2.30. The van der Waals surface area contributed by atoms with Gasteiger partial charge in [-0.2, -0.15) is 19.1 Å². The Morgan fingerprint density at radius 1 is 1.20 bits per heavy atom. The van der Waals surface area contributed by atoms with Gasteiger partial charge in [0.1, 0.15) is 12.3 Å². The molecule has 0 aliphatic rings. The lowest BCUT2D eigenvalue weighted by Crippen LogP contribution is -2.76. The fourth-order valence-corrected chi connectivity index (χ4v) is 3.16. The number of hydrogen-bond donors (Lipinski definition) is 4. The van der Waals surface area contributed by atoms with Crippen LogP contribution in [-0.4, -0.2) is 11.2 Å². The number of anilines is 1. The summed E-state index contributed by atoms with van der Waals surface area (Å²) in [5, 5.41) is 10.3. The van der Waals surface area contributed by atoms with Crippen molar-refractivity contribution in [2.75, 3.05) is 5.32 Å². The minimum absolute atomic E-state index is 0.0268. The Labute approximate surface area is 200 Å². The molecule has 186 valence electrons. The molecule has 0 radical (unpaired) electrons. The number of amides is 2. The number of hydrogen-bond acceptors (Lipinski definition) is 5. The zero-order valence-electron chi connectivity index (χ0n) is 19.3. The molecular weight excluding hydrogens is 463 g/mol. The van der Waals surface area contributed by atoms with Gasteiger partial charge < -0.3 is 20.0 Å². The van der Waals surface area contributed by atoms with Gasteiger partial charge in [-0.15, -0.1) is 13.2 Å². The Hall–Kier alpha value is -4.09. The fourth-order valence-electron chi connectivity index (χ4n) is 3.16. The van der Waals surface area contributed by atoms with Crippen molar-refractivity contribution < 1.29 is 32.6 Å². The number of rotatable bonds is 7. The number of nitrogens with zero attached hydrogens (tertiary/aromatic N) is 1. The van der Waals surface area contributed by atoms with E-state index in [-0.39, 0.29) is 11.6 Å². The lowest BCUT2D eigenvalue weighted by Gasteiger charge is -2.11. The predicted molar refractivity (Wildman–Crippen MR) is 125 cm³/mol. The van der Waals surface area contributed by atoms with E-state index in [4.69, 9.17) is 10.4 Å². The molecule has 3 rings (SSSR count). The van der Waals surface area contributed by atoms with E-state index in [0.29, 0.717) is 6.54 Å². The first kappa shape index (κ1) is 27.2. The molecular formula is C24H27F3N5O3+. The molecule has 11 heteroatoms. The van der Waals surface area contributed by atoms with E-state index in [1.165, 1.54) is 18.3 Å². The molecule has 8 nitrogen and oxygen atoms in total. The molecule has 2 amide bonds. The Balaban J connectivity index is 0.00000210. The summed E-state index contributed by atoms with van der Waals surface area (Å²) in [7, 11) is 0. The number of carbonyl (C=O) groups excluding carboxylic acids is 1. The molecule has 0 fully saturated rings. The molecule has 0 unspecified atom stereocenters. The standard InChI is InChI=1S/C22H22F3N5O3.C2H4/c1-13-20(14(2)33-30-13)16-8-6-15(7-9-16)11-27-12-19(32-26)29-21(31)28-18-5-3-4-17(10-18)22(23,24)25;1-2/h3-10,12,27H,11,26H2,1-2H3,(H2,28,29,31);1-2H2/p+1/b19-12-;. The van der Waals surface area contributed by atoms with Gasteiger partial charge in [0.2, 0.25) is 0 Å². The van der Waals surface area contributed by atoms with E-state index < -0.39 is 17.8 Å². The fraction of sp³-hybridized carbons (Fsp3) is 0.167. The van der Waals surface area contributed by atoms with Crippen molar-refractivity contribution in [3.8, 4) is 11.1 Å². The summed E-state index contributed by atoms with van der Waals surface area (Å²) in [4.78, 5) is 16.7. The van der Waals surface area contributed by atoms with Gasteiger partial charge in [-0.3, -0.25) is 5.32 Å².